The van der Waals surface area contributed by atoms with Crippen molar-refractivity contribution < 1.29 is 40.6 Å². The average Bonchev–Trinajstić information content (AvgIpc) is 2.44. The van der Waals surface area contributed by atoms with Crippen molar-refractivity contribution in [1.82, 2.24) is 10.6 Å². The predicted molar refractivity (Wildman–Crippen MR) is 73.6 cm³/mol. The molecule has 25 heavy (non-hydrogen) atoms. The van der Waals surface area contributed by atoms with E-state index in [4.69, 9.17) is 0 Å². The number of thiocarbonyl (C=S) groups is 1. The normalized spacial score (nSPS) is 27.4. The standard InChI is InChI=1S/C13H9F7N2O2S/c14-6-4-2-1-3-5(6)8-7(9(23)12(15,16)17)11(24,13(18,19)20)22-10(25)21-8/h1-4,7-8,24H,(H2,21,22,25)/t7-,8-,11+/m0/s1. The van der Waals surface area contributed by atoms with Crippen LogP contribution in [0.1, 0.15) is 11.6 Å². The molecule has 1 aromatic carbocycles. The van der Waals surface area contributed by atoms with E-state index in [9.17, 15) is 40.6 Å². The lowest BCUT2D eigenvalue weighted by atomic mass is 9.79. The summed E-state index contributed by atoms with van der Waals surface area (Å²) < 4.78 is 92.3. The highest BCUT2D eigenvalue weighted by atomic mass is 32.1. The Labute approximate surface area is 141 Å². The van der Waals surface area contributed by atoms with E-state index < -0.39 is 52.3 Å². The van der Waals surface area contributed by atoms with Crippen LogP contribution in [0.5, 0.6) is 0 Å². The van der Waals surface area contributed by atoms with Gasteiger partial charge >= 0.3 is 12.4 Å². The van der Waals surface area contributed by atoms with Crippen LogP contribution >= 0.6 is 12.2 Å². The highest BCUT2D eigenvalue weighted by molar-refractivity contribution is 7.80. The molecule has 0 aliphatic carbocycles. The van der Waals surface area contributed by atoms with Gasteiger partial charge in [0.15, 0.2) is 5.11 Å². The third kappa shape index (κ3) is 3.40. The minimum atomic E-state index is -5.71. The Morgan fingerprint density at radius 1 is 1.16 bits per heavy atom. The molecular formula is C13H9F7N2O2S. The summed E-state index contributed by atoms with van der Waals surface area (Å²) in [5.74, 6) is -7.23. The quantitative estimate of drug-likeness (QED) is 0.535. The van der Waals surface area contributed by atoms with Gasteiger partial charge in [-0.15, -0.1) is 0 Å². The highest BCUT2D eigenvalue weighted by Gasteiger charge is 2.69. The molecule has 0 saturated carbocycles. The number of hydrogen-bond acceptors (Lipinski definition) is 3. The van der Waals surface area contributed by atoms with Crippen LogP contribution in [0, 0.1) is 11.7 Å². The van der Waals surface area contributed by atoms with E-state index >= 15 is 0 Å². The van der Waals surface area contributed by atoms with Gasteiger partial charge in [0.2, 0.25) is 11.5 Å². The van der Waals surface area contributed by atoms with Crippen molar-refractivity contribution in [2.75, 3.05) is 0 Å². The zero-order chi connectivity index (χ0) is 19.2. The van der Waals surface area contributed by atoms with E-state index in [0.29, 0.717) is 0 Å². The van der Waals surface area contributed by atoms with Crippen LogP contribution in [0.25, 0.3) is 0 Å². The van der Waals surface area contributed by atoms with Gasteiger partial charge in [-0.2, -0.15) is 26.3 Å². The third-order valence-electron chi connectivity index (χ3n) is 3.61. The first-order valence-electron chi connectivity index (χ1n) is 6.52. The molecule has 0 aromatic heterocycles. The van der Waals surface area contributed by atoms with E-state index in [2.05, 4.69) is 12.2 Å². The van der Waals surface area contributed by atoms with Crippen molar-refractivity contribution >= 4 is 23.1 Å². The number of ketones is 1. The van der Waals surface area contributed by atoms with E-state index in [-0.39, 0.29) is 0 Å². The van der Waals surface area contributed by atoms with E-state index in [1.807, 2.05) is 5.32 Å². The van der Waals surface area contributed by atoms with Gasteiger partial charge in [0, 0.05) is 5.56 Å². The van der Waals surface area contributed by atoms with Crippen LogP contribution in [0.2, 0.25) is 0 Å². The molecule has 12 heteroatoms. The number of Topliss-reactive ketones (excluding diaryl/α,β-unsaturated/α-hetero) is 1. The van der Waals surface area contributed by atoms with Crippen LogP contribution < -0.4 is 10.6 Å². The summed E-state index contributed by atoms with van der Waals surface area (Å²) >= 11 is 4.48. The minimum Gasteiger partial charge on any atom is -0.363 e. The van der Waals surface area contributed by atoms with Gasteiger partial charge in [0.1, 0.15) is 11.7 Å². The number of halogens is 7. The van der Waals surface area contributed by atoms with E-state index in [1.165, 1.54) is 5.32 Å². The second-order valence-electron chi connectivity index (χ2n) is 5.20. The van der Waals surface area contributed by atoms with Crippen LogP contribution in [0.4, 0.5) is 30.7 Å². The molecule has 3 N–H and O–H groups in total. The smallest absolute Gasteiger partial charge is 0.363 e. The second kappa shape index (κ2) is 6.09. The third-order valence-corrected chi connectivity index (χ3v) is 3.83. The fraction of sp³-hybridized carbons (Fsp3) is 0.385. The van der Waals surface area contributed by atoms with Gasteiger partial charge in [0.05, 0.1) is 6.04 Å². The topological polar surface area (TPSA) is 61.4 Å². The number of carbonyl (C=O) groups excluding carboxylic acids is 1. The number of hydrogen-bond donors (Lipinski definition) is 3. The molecule has 1 aliphatic rings. The molecule has 3 atom stereocenters. The van der Waals surface area contributed by atoms with Crippen molar-refractivity contribution in [3.63, 3.8) is 0 Å². The molecule has 1 saturated heterocycles. The summed E-state index contributed by atoms with van der Waals surface area (Å²) in [4.78, 5) is 11.7. The maximum Gasteiger partial charge on any atom is 0.450 e. The number of aliphatic hydroxyl groups is 1. The molecule has 1 heterocycles. The van der Waals surface area contributed by atoms with Crippen molar-refractivity contribution in [2.45, 2.75) is 24.1 Å². The predicted octanol–water partition coefficient (Wildman–Crippen LogP) is 2.34. The molecule has 0 spiro atoms. The molecule has 138 valence electrons. The SMILES string of the molecule is O=C([C@@H]1[C@H](c2ccccc2F)NC(=S)N[C@]1(O)C(F)(F)F)C(F)(F)F. The van der Waals surface area contributed by atoms with Crippen LogP contribution in [0.3, 0.4) is 0 Å². The van der Waals surface area contributed by atoms with Crippen LogP contribution in [-0.4, -0.2) is 34.1 Å². The maximum atomic E-state index is 13.9. The van der Waals surface area contributed by atoms with Gasteiger partial charge in [-0.3, -0.25) is 4.79 Å². The van der Waals surface area contributed by atoms with Gasteiger partial charge in [0.25, 0.3) is 0 Å². The Morgan fingerprint density at radius 3 is 2.20 bits per heavy atom. The van der Waals surface area contributed by atoms with Crippen LogP contribution in [-0.2, 0) is 4.79 Å². The first kappa shape index (κ1) is 19.4. The maximum absolute atomic E-state index is 13.9. The summed E-state index contributed by atoms with van der Waals surface area (Å²) in [7, 11) is 0. The van der Waals surface area contributed by atoms with Crippen molar-refractivity contribution in [1.29, 1.82) is 0 Å². The molecule has 1 fully saturated rings. The summed E-state index contributed by atoms with van der Waals surface area (Å²) in [5, 5.41) is 12.3. The van der Waals surface area contributed by atoms with Gasteiger partial charge < -0.3 is 15.7 Å². The molecule has 1 aromatic rings. The Kier molecular flexibility index (Phi) is 4.72. The number of carbonyl (C=O) groups is 1. The van der Waals surface area contributed by atoms with E-state index in [1.54, 1.807) is 0 Å². The van der Waals surface area contributed by atoms with Crippen molar-refractivity contribution in [3.8, 4) is 0 Å². The van der Waals surface area contributed by atoms with Crippen molar-refractivity contribution in [2.24, 2.45) is 5.92 Å². The Bertz CT molecular complexity index is 706. The molecule has 2 rings (SSSR count). The van der Waals surface area contributed by atoms with Gasteiger partial charge in [-0.25, -0.2) is 4.39 Å². The molecule has 0 radical (unpaired) electrons. The Balaban J connectivity index is 2.69. The number of alkyl halides is 6. The lowest BCUT2D eigenvalue weighted by molar-refractivity contribution is -0.293. The fourth-order valence-corrected chi connectivity index (χ4v) is 2.78. The zero-order valence-corrected chi connectivity index (χ0v) is 12.7. The second-order valence-corrected chi connectivity index (χ2v) is 5.61. The molecule has 0 amide bonds. The molecule has 0 bridgehead atoms. The Morgan fingerprint density at radius 2 is 1.72 bits per heavy atom. The number of nitrogens with one attached hydrogen (secondary N) is 2. The first-order chi connectivity index (χ1) is 11.3. The zero-order valence-electron chi connectivity index (χ0n) is 11.9. The lowest BCUT2D eigenvalue weighted by Gasteiger charge is -2.46. The summed E-state index contributed by atoms with van der Waals surface area (Å²) in [6, 6.07) is 1.76. The summed E-state index contributed by atoms with van der Waals surface area (Å²) in [6.45, 7) is 0. The first-order valence-corrected chi connectivity index (χ1v) is 6.93. The minimum absolute atomic E-state index is 0.684. The molecule has 4 nitrogen and oxygen atoms in total. The van der Waals surface area contributed by atoms with Crippen molar-refractivity contribution in [3.05, 3.63) is 35.6 Å². The average molecular weight is 390 g/mol. The number of benzene rings is 1. The lowest BCUT2D eigenvalue weighted by Crippen LogP contribution is -2.73. The van der Waals surface area contributed by atoms with Gasteiger partial charge in [-0.05, 0) is 18.3 Å². The Hall–Kier alpha value is -1.95. The molecular weight excluding hydrogens is 381 g/mol. The molecule has 1 aliphatic heterocycles. The molecule has 0 unspecified atom stereocenters. The van der Waals surface area contributed by atoms with E-state index in [0.717, 1.165) is 24.3 Å². The number of rotatable bonds is 2. The van der Waals surface area contributed by atoms with Crippen LogP contribution in [0.15, 0.2) is 24.3 Å². The highest BCUT2D eigenvalue weighted by Crippen LogP contribution is 2.45. The summed E-state index contributed by atoms with van der Waals surface area (Å²) in [6.07, 6.45) is -11.4. The summed E-state index contributed by atoms with van der Waals surface area (Å²) in [5.41, 5.74) is -5.02. The van der Waals surface area contributed by atoms with Gasteiger partial charge in [-0.1, -0.05) is 18.2 Å². The largest absolute Gasteiger partial charge is 0.450 e. The monoisotopic (exact) mass is 390 g/mol. The fourth-order valence-electron chi connectivity index (χ4n) is 2.50.